The van der Waals surface area contributed by atoms with Gasteiger partial charge in [-0.15, -0.1) is 0 Å². The van der Waals surface area contributed by atoms with E-state index in [9.17, 15) is 18.7 Å². The third kappa shape index (κ3) is 6.53. The summed E-state index contributed by atoms with van der Waals surface area (Å²) in [6.07, 6.45) is 6.06. The number of aliphatic hydroxyl groups is 1. The molecule has 1 fully saturated rings. The fourth-order valence-electron chi connectivity index (χ4n) is 5.20. The number of hydrogen-bond donors (Lipinski definition) is 3. The van der Waals surface area contributed by atoms with Crippen molar-refractivity contribution >= 4 is 5.91 Å². The Labute approximate surface area is 211 Å². The van der Waals surface area contributed by atoms with Crippen molar-refractivity contribution in [1.29, 1.82) is 0 Å². The summed E-state index contributed by atoms with van der Waals surface area (Å²) in [5.41, 5.74) is 3.13. The molecule has 0 radical (unpaired) electrons. The number of pyridine rings is 1. The number of aliphatic hydroxyl groups excluding tert-OH is 1. The van der Waals surface area contributed by atoms with Gasteiger partial charge in [0.05, 0.1) is 17.8 Å². The van der Waals surface area contributed by atoms with Gasteiger partial charge in [0.25, 0.3) is 0 Å². The van der Waals surface area contributed by atoms with E-state index in [1.807, 2.05) is 30.3 Å². The highest BCUT2D eigenvalue weighted by Gasteiger charge is 2.35. The van der Waals surface area contributed by atoms with Gasteiger partial charge >= 0.3 is 0 Å². The molecule has 1 heterocycles. The Hall–Kier alpha value is -3.16. The van der Waals surface area contributed by atoms with Crippen molar-refractivity contribution in [2.75, 3.05) is 6.54 Å². The fraction of sp³-hybridized carbons (Fsp3) is 0.379. The van der Waals surface area contributed by atoms with E-state index >= 15 is 0 Å². The smallest absolute Gasteiger partial charge is 0.217 e. The van der Waals surface area contributed by atoms with Gasteiger partial charge < -0.3 is 15.7 Å². The molecule has 0 aliphatic heterocycles. The molecule has 2 atom stereocenters. The van der Waals surface area contributed by atoms with Gasteiger partial charge in [0.15, 0.2) is 0 Å². The molecule has 5 nitrogen and oxygen atoms in total. The number of amides is 1. The van der Waals surface area contributed by atoms with Crippen molar-refractivity contribution in [2.24, 2.45) is 0 Å². The lowest BCUT2D eigenvalue weighted by Crippen LogP contribution is -2.53. The van der Waals surface area contributed by atoms with Gasteiger partial charge in [0.1, 0.15) is 11.6 Å². The van der Waals surface area contributed by atoms with Crippen molar-refractivity contribution in [3.8, 4) is 11.3 Å². The van der Waals surface area contributed by atoms with E-state index in [0.29, 0.717) is 5.56 Å². The molecule has 7 heteroatoms. The second-order valence-electron chi connectivity index (χ2n) is 9.68. The molecule has 0 spiro atoms. The molecule has 0 saturated heterocycles. The number of halogens is 2. The van der Waals surface area contributed by atoms with Crippen molar-refractivity contribution in [2.45, 2.75) is 63.1 Å². The lowest BCUT2D eigenvalue weighted by Gasteiger charge is -2.40. The molecule has 4 rings (SSSR count). The van der Waals surface area contributed by atoms with Crippen LogP contribution in [-0.4, -0.2) is 34.7 Å². The second kappa shape index (κ2) is 11.7. The standard InChI is InChI=1S/C29H33F2N3O2/c1-20(35)34-27(16-21-14-24(30)18-25(31)15-21)28(36)19-33-29(11-4-2-5-12-29)23-9-7-8-22(17-23)26-10-3-6-13-32-26/h3,6-10,13-15,17-18,27-28,33,36H,2,4-5,11-12,16,19H2,1H3,(H,34,35)/t27-,28+/m0/s1. The monoisotopic (exact) mass is 493 g/mol. The van der Waals surface area contributed by atoms with E-state index in [1.54, 1.807) is 6.20 Å². The molecule has 1 aliphatic carbocycles. The highest BCUT2D eigenvalue weighted by molar-refractivity contribution is 5.73. The molecule has 3 aromatic rings. The van der Waals surface area contributed by atoms with E-state index in [1.165, 1.54) is 19.1 Å². The number of nitrogens with one attached hydrogen (secondary N) is 2. The molecule has 1 aromatic heterocycles. The van der Waals surface area contributed by atoms with E-state index < -0.39 is 23.8 Å². The highest BCUT2D eigenvalue weighted by atomic mass is 19.1. The van der Waals surface area contributed by atoms with Crippen LogP contribution in [0.4, 0.5) is 8.78 Å². The number of rotatable bonds is 9. The number of carbonyl (C=O) groups is 1. The van der Waals surface area contributed by atoms with Crippen molar-refractivity contribution in [3.05, 3.63) is 89.6 Å². The minimum Gasteiger partial charge on any atom is -0.390 e. The molecule has 1 amide bonds. The van der Waals surface area contributed by atoms with Gasteiger partial charge in [-0.25, -0.2) is 8.78 Å². The maximum Gasteiger partial charge on any atom is 0.217 e. The molecule has 0 bridgehead atoms. The minimum atomic E-state index is -0.960. The Morgan fingerprint density at radius 2 is 1.78 bits per heavy atom. The SMILES string of the molecule is CC(=O)N[C@@H](Cc1cc(F)cc(F)c1)[C@H](O)CNC1(c2cccc(-c3ccccn3)c2)CCCCC1. The Morgan fingerprint density at radius 3 is 2.44 bits per heavy atom. The maximum absolute atomic E-state index is 13.7. The molecular weight excluding hydrogens is 460 g/mol. The predicted octanol–water partition coefficient (Wildman–Crippen LogP) is 4.88. The van der Waals surface area contributed by atoms with E-state index in [0.717, 1.165) is 55.0 Å². The normalized spacial score (nSPS) is 16.8. The van der Waals surface area contributed by atoms with Gasteiger partial charge in [-0.05, 0) is 60.7 Å². The Bertz CT molecular complexity index is 1150. The van der Waals surface area contributed by atoms with E-state index in [-0.39, 0.29) is 24.4 Å². The lowest BCUT2D eigenvalue weighted by molar-refractivity contribution is -0.120. The number of carbonyl (C=O) groups excluding carboxylic acids is 1. The lowest BCUT2D eigenvalue weighted by atomic mass is 9.76. The van der Waals surface area contributed by atoms with Gasteiger partial charge in [-0.3, -0.25) is 9.78 Å². The van der Waals surface area contributed by atoms with Gasteiger partial charge in [0.2, 0.25) is 5.91 Å². The number of benzene rings is 2. The molecule has 0 unspecified atom stereocenters. The molecular formula is C29H33F2N3O2. The summed E-state index contributed by atoms with van der Waals surface area (Å²) in [4.78, 5) is 16.3. The Kier molecular flexibility index (Phi) is 8.44. The summed E-state index contributed by atoms with van der Waals surface area (Å²) >= 11 is 0. The minimum absolute atomic E-state index is 0.110. The Balaban J connectivity index is 1.54. The van der Waals surface area contributed by atoms with Crippen LogP contribution in [0.3, 0.4) is 0 Å². The number of aromatic nitrogens is 1. The zero-order valence-corrected chi connectivity index (χ0v) is 20.5. The van der Waals surface area contributed by atoms with Crippen molar-refractivity contribution in [3.63, 3.8) is 0 Å². The summed E-state index contributed by atoms with van der Waals surface area (Å²) in [5.74, 6) is -1.69. The molecule has 2 aromatic carbocycles. The zero-order chi connectivity index (χ0) is 25.5. The summed E-state index contributed by atoms with van der Waals surface area (Å²) in [5, 5.41) is 17.5. The van der Waals surface area contributed by atoms with Gasteiger partial charge in [-0.2, -0.15) is 0 Å². The van der Waals surface area contributed by atoms with Crippen LogP contribution < -0.4 is 10.6 Å². The average molecular weight is 494 g/mol. The van der Waals surface area contributed by atoms with Gasteiger partial charge in [-0.1, -0.05) is 43.5 Å². The first kappa shape index (κ1) is 25.9. The van der Waals surface area contributed by atoms with Crippen LogP contribution >= 0.6 is 0 Å². The van der Waals surface area contributed by atoms with Crippen LogP contribution in [0.5, 0.6) is 0 Å². The summed E-state index contributed by atoms with van der Waals surface area (Å²) < 4.78 is 27.4. The summed E-state index contributed by atoms with van der Waals surface area (Å²) in [6.45, 7) is 1.58. The summed E-state index contributed by atoms with van der Waals surface area (Å²) in [6, 6.07) is 16.7. The fourth-order valence-corrected chi connectivity index (χ4v) is 5.20. The maximum atomic E-state index is 13.7. The number of hydrogen-bond acceptors (Lipinski definition) is 4. The van der Waals surface area contributed by atoms with Crippen LogP contribution in [-0.2, 0) is 16.8 Å². The second-order valence-corrected chi connectivity index (χ2v) is 9.68. The predicted molar refractivity (Wildman–Crippen MR) is 136 cm³/mol. The van der Waals surface area contributed by atoms with Crippen molar-refractivity contribution < 1.29 is 18.7 Å². The molecule has 1 aliphatic rings. The average Bonchev–Trinajstić information content (AvgIpc) is 2.87. The Morgan fingerprint density at radius 1 is 1.03 bits per heavy atom. The topological polar surface area (TPSA) is 74.2 Å². The molecule has 190 valence electrons. The van der Waals surface area contributed by atoms with Crippen molar-refractivity contribution in [1.82, 2.24) is 15.6 Å². The first-order valence-electron chi connectivity index (χ1n) is 12.5. The van der Waals surface area contributed by atoms with Crippen LogP contribution in [0, 0.1) is 11.6 Å². The summed E-state index contributed by atoms with van der Waals surface area (Å²) in [7, 11) is 0. The highest BCUT2D eigenvalue weighted by Crippen LogP contribution is 2.38. The first-order chi connectivity index (χ1) is 17.3. The van der Waals surface area contributed by atoms with Crippen LogP contribution in [0.15, 0.2) is 66.9 Å². The first-order valence-corrected chi connectivity index (χ1v) is 12.5. The quantitative estimate of drug-likeness (QED) is 0.397. The zero-order valence-electron chi connectivity index (χ0n) is 20.5. The van der Waals surface area contributed by atoms with E-state index in [4.69, 9.17) is 0 Å². The molecule has 1 saturated carbocycles. The molecule has 3 N–H and O–H groups in total. The largest absolute Gasteiger partial charge is 0.390 e. The van der Waals surface area contributed by atoms with E-state index in [2.05, 4.69) is 27.8 Å². The van der Waals surface area contributed by atoms with Crippen LogP contribution in [0.25, 0.3) is 11.3 Å². The van der Waals surface area contributed by atoms with Gasteiger partial charge in [0, 0.05) is 36.8 Å². The molecule has 36 heavy (non-hydrogen) atoms. The third-order valence-electron chi connectivity index (χ3n) is 6.96. The third-order valence-corrected chi connectivity index (χ3v) is 6.96. The number of nitrogens with zero attached hydrogens (tertiary/aromatic N) is 1. The van der Waals surface area contributed by atoms with Crippen LogP contribution in [0.1, 0.15) is 50.2 Å². The van der Waals surface area contributed by atoms with Crippen LogP contribution in [0.2, 0.25) is 0 Å².